The van der Waals surface area contributed by atoms with Crippen LogP contribution in [0.3, 0.4) is 0 Å². The fourth-order valence-corrected chi connectivity index (χ4v) is 2.34. The van der Waals surface area contributed by atoms with Gasteiger partial charge >= 0.3 is 0 Å². The van der Waals surface area contributed by atoms with Gasteiger partial charge < -0.3 is 4.90 Å². The highest BCUT2D eigenvalue weighted by Crippen LogP contribution is 2.29. The van der Waals surface area contributed by atoms with Crippen LogP contribution in [0.25, 0.3) is 0 Å². The summed E-state index contributed by atoms with van der Waals surface area (Å²) in [7, 11) is 0. The van der Waals surface area contributed by atoms with Crippen LogP contribution in [-0.2, 0) is 0 Å². The molecule has 1 heterocycles. The molecule has 1 nitrogen and oxygen atoms in total. The van der Waals surface area contributed by atoms with E-state index in [9.17, 15) is 8.78 Å². The lowest BCUT2D eigenvalue weighted by Gasteiger charge is -2.20. The normalized spacial score (nSPS) is 21.9. The van der Waals surface area contributed by atoms with Gasteiger partial charge in [0.1, 0.15) is 11.6 Å². The molecule has 0 saturated carbocycles. The van der Waals surface area contributed by atoms with Crippen LogP contribution in [0.5, 0.6) is 0 Å². The van der Waals surface area contributed by atoms with Gasteiger partial charge in [-0.05, 0) is 50.4 Å². The molecule has 1 aliphatic rings. The summed E-state index contributed by atoms with van der Waals surface area (Å²) in [6.45, 7) is 6.21. The summed E-state index contributed by atoms with van der Waals surface area (Å²) in [5.41, 5.74) is 0.792. The van der Waals surface area contributed by atoms with Crippen molar-refractivity contribution in [2.75, 3.05) is 13.1 Å². The van der Waals surface area contributed by atoms with Gasteiger partial charge in [0.15, 0.2) is 0 Å². The molecule has 0 bridgehead atoms. The van der Waals surface area contributed by atoms with Crippen LogP contribution in [0.1, 0.15) is 31.7 Å². The highest BCUT2D eigenvalue weighted by Gasteiger charge is 2.25. The molecule has 2 rings (SSSR count). The molecule has 16 heavy (non-hydrogen) atoms. The van der Waals surface area contributed by atoms with Crippen LogP contribution in [-0.4, -0.2) is 24.0 Å². The molecular weight excluding hydrogens is 208 g/mol. The number of nitrogens with zero attached hydrogens (tertiary/aromatic N) is 1. The molecule has 0 aliphatic carbocycles. The summed E-state index contributed by atoms with van der Waals surface area (Å²) >= 11 is 0. The van der Waals surface area contributed by atoms with Gasteiger partial charge in [-0.15, -0.1) is 0 Å². The van der Waals surface area contributed by atoms with Gasteiger partial charge in [0.05, 0.1) is 0 Å². The van der Waals surface area contributed by atoms with Gasteiger partial charge in [0.2, 0.25) is 0 Å². The van der Waals surface area contributed by atoms with E-state index in [1.54, 1.807) is 0 Å². The minimum absolute atomic E-state index is 0.271. The third kappa shape index (κ3) is 2.40. The minimum atomic E-state index is -0.474. The third-order valence-corrected chi connectivity index (χ3v) is 3.31. The van der Waals surface area contributed by atoms with Crippen LogP contribution in [0, 0.1) is 11.6 Å². The van der Waals surface area contributed by atoms with Crippen LogP contribution in [0.15, 0.2) is 18.2 Å². The lowest BCUT2D eigenvalue weighted by atomic mass is 9.98. The highest BCUT2D eigenvalue weighted by molar-refractivity contribution is 5.23. The fraction of sp³-hybridized carbons (Fsp3) is 0.538. The molecule has 0 radical (unpaired) electrons. The van der Waals surface area contributed by atoms with Crippen LogP contribution in [0.2, 0.25) is 0 Å². The predicted octanol–water partition coefficient (Wildman–Crippen LogP) is 3.16. The monoisotopic (exact) mass is 225 g/mol. The first-order chi connectivity index (χ1) is 7.56. The molecule has 0 amide bonds. The molecule has 0 unspecified atom stereocenters. The second-order valence-corrected chi connectivity index (χ2v) is 4.78. The van der Waals surface area contributed by atoms with Crippen molar-refractivity contribution in [1.29, 1.82) is 0 Å². The number of hydrogen-bond donors (Lipinski definition) is 0. The van der Waals surface area contributed by atoms with E-state index < -0.39 is 11.6 Å². The predicted molar refractivity (Wildman–Crippen MR) is 60.4 cm³/mol. The van der Waals surface area contributed by atoms with E-state index >= 15 is 0 Å². The molecule has 1 aromatic rings. The van der Waals surface area contributed by atoms with Crippen molar-refractivity contribution in [1.82, 2.24) is 4.90 Å². The van der Waals surface area contributed by atoms with Crippen LogP contribution in [0.4, 0.5) is 8.78 Å². The van der Waals surface area contributed by atoms with E-state index in [2.05, 4.69) is 18.7 Å². The lowest BCUT2D eigenvalue weighted by molar-refractivity contribution is 0.272. The highest BCUT2D eigenvalue weighted by atomic mass is 19.1. The number of hydrogen-bond acceptors (Lipinski definition) is 1. The van der Waals surface area contributed by atoms with E-state index in [0.717, 1.165) is 31.1 Å². The molecule has 0 spiro atoms. The molecule has 0 N–H and O–H groups in total. The van der Waals surface area contributed by atoms with Crippen molar-refractivity contribution in [3.05, 3.63) is 35.4 Å². The molecule has 88 valence electrons. The average Bonchev–Trinajstić information content (AvgIpc) is 2.64. The Bertz CT molecular complexity index is 356. The largest absolute Gasteiger partial charge is 0.300 e. The Balaban J connectivity index is 2.14. The summed E-state index contributed by atoms with van der Waals surface area (Å²) in [6, 6.07) is 4.34. The van der Waals surface area contributed by atoms with Crippen molar-refractivity contribution in [2.24, 2.45) is 0 Å². The van der Waals surface area contributed by atoms with Gasteiger partial charge in [-0.25, -0.2) is 8.78 Å². The number of halogens is 2. The minimum Gasteiger partial charge on any atom is -0.300 e. The van der Waals surface area contributed by atoms with Gasteiger partial charge in [0.25, 0.3) is 0 Å². The quantitative estimate of drug-likeness (QED) is 0.747. The van der Waals surface area contributed by atoms with E-state index in [1.807, 2.05) is 0 Å². The van der Waals surface area contributed by atoms with Gasteiger partial charge in [-0.1, -0.05) is 0 Å². The Morgan fingerprint density at radius 1 is 1.19 bits per heavy atom. The molecule has 1 fully saturated rings. The molecule has 1 atom stereocenters. The summed E-state index contributed by atoms with van der Waals surface area (Å²) in [6.07, 6.45) is 0.987. The van der Waals surface area contributed by atoms with Crippen LogP contribution >= 0.6 is 0 Å². The molecular formula is C13H17F2N. The van der Waals surface area contributed by atoms with Crippen LogP contribution < -0.4 is 0 Å². The van der Waals surface area contributed by atoms with Crippen molar-refractivity contribution < 1.29 is 8.78 Å². The topological polar surface area (TPSA) is 3.24 Å². The third-order valence-electron chi connectivity index (χ3n) is 3.31. The standard InChI is InChI=1S/C13H17F2N/c1-9(2)16-4-3-10(8-16)11-5-12(14)7-13(15)6-11/h5-7,9-10H,3-4,8H2,1-2H3/t10-/m0/s1. The zero-order valence-electron chi connectivity index (χ0n) is 9.71. The fourth-order valence-electron chi connectivity index (χ4n) is 2.34. The summed E-state index contributed by atoms with van der Waals surface area (Å²) < 4.78 is 26.2. The molecule has 0 aromatic heterocycles. The SMILES string of the molecule is CC(C)N1CC[C@H](c2cc(F)cc(F)c2)C1. The maximum absolute atomic E-state index is 13.1. The van der Waals surface area contributed by atoms with Crippen molar-refractivity contribution in [2.45, 2.75) is 32.2 Å². The Morgan fingerprint density at radius 2 is 1.81 bits per heavy atom. The number of rotatable bonds is 2. The maximum atomic E-state index is 13.1. The Labute approximate surface area is 95.1 Å². The van der Waals surface area contributed by atoms with Crippen molar-refractivity contribution in [3.8, 4) is 0 Å². The summed E-state index contributed by atoms with van der Waals surface area (Å²) in [5, 5.41) is 0. The van der Waals surface area contributed by atoms with E-state index in [-0.39, 0.29) is 5.92 Å². The van der Waals surface area contributed by atoms with E-state index in [4.69, 9.17) is 0 Å². The number of likely N-dealkylation sites (tertiary alicyclic amines) is 1. The van der Waals surface area contributed by atoms with E-state index in [1.165, 1.54) is 12.1 Å². The number of benzene rings is 1. The zero-order valence-corrected chi connectivity index (χ0v) is 9.71. The molecule has 3 heteroatoms. The first-order valence-corrected chi connectivity index (χ1v) is 5.76. The summed E-state index contributed by atoms with van der Waals surface area (Å²) in [5.74, 6) is -0.677. The van der Waals surface area contributed by atoms with Gasteiger partial charge in [0, 0.05) is 18.7 Å². The first kappa shape index (κ1) is 11.5. The zero-order chi connectivity index (χ0) is 11.7. The Kier molecular flexibility index (Phi) is 3.24. The molecule has 1 aromatic carbocycles. The molecule has 1 saturated heterocycles. The lowest BCUT2D eigenvalue weighted by Crippen LogP contribution is -2.27. The maximum Gasteiger partial charge on any atom is 0.126 e. The second-order valence-electron chi connectivity index (χ2n) is 4.78. The second kappa shape index (κ2) is 4.50. The van der Waals surface area contributed by atoms with Crippen molar-refractivity contribution >= 4 is 0 Å². The van der Waals surface area contributed by atoms with E-state index in [0.29, 0.717) is 6.04 Å². The smallest absolute Gasteiger partial charge is 0.126 e. The van der Waals surface area contributed by atoms with Gasteiger partial charge in [-0.2, -0.15) is 0 Å². The first-order valence-electron chi connectivity index (χ1n) is 5.76. The average molecular weight is 225 g/mol. The summed E-state index contributed by atoms with van der Waals surface area (Å²) in [4.78, 5) is 2.34. The Hall–Kier alpha value is -0.960. The van der Waals surface area contributed by atoms with Crippen molar-refractivity contribution in [3.63, 3.8) is 0 Å². The Morgan fingerprint density at radius 3 is 2.31 bits per heavy atom. The molecule has 1 aliphatic heterocycles. The van der Waals surface area contributed by atoms with Gasteiger partial charge in [-0.3, -0.25) is 0 Å².